The second kappa shape index (κ2) is 6.14. The largest absolute Gasteiger partial charge is 0.462 e. The van der Waals surface area contributed by atoms with Gasteiger partial charge in [-0.1, -0.05) is 32.4 Å². The number of rotatable bonds is 2. The molecule has 4 rings (SSSR count). The third-order valence-electron chi connectivity index (χ3n) is 9.85. The van der Waals surface area contributed by atoms with Crippen LogP contribution in [0.5, 0.6) is 0 Å². The molecule has 0 aromatic rings. The summed E-state index contributed by atoms with van der Waals surface area (Å²) in [5.41, 5.74) is -0.940. The van der Waals surface area contributed by atoms with E-state index in [0.717, 1.165) is 5.57 Å². The van der Waals surface area contributed by atoms with Crippen LogP contribution >= 0.6 is 0 Å². The number of allylic oxidation sites excluding steroid dienone is 2. The Kier molecular flexibility index (Phi) is 4.39. The second-order valence-electron chi connectivity index (χ2n) is 11.4. The zero-order chi connectivity index (χ0) is 22.4. The molecule has 0 bridgehead atoms. The summed E-state index contributed by atoms with van der Waals surface area (Å²) in [4.78, 5) is 51.2. The summed E-state index contributed by atoms with van der Waals surface area (Å²) in [6.07, 6.45) is 3.69. The molecule has 5 heteroatoms. The lowest BCUT2D eigenvalue weighted by Crippen LogP contribution is -2.61. The molecule has 0 radical (unpaired) electrons. The van der Waals surface area contributed by atoms with Gasteiger partial charge in [0, 0.05) is 36.5 Å². The number of hydrogen-bond donors (Lipinski definition) is 0. The van der Waals surface area contributed by atoms with Gasteiger partial charge < -0.3 is 4.74 Å². The summed E-state index contributed by atoms with van der Waals surface area (Å²) >= 11 is 0. The van der Waals surface area contributed by atoms with Crippen LogP contribution in [0.25, 0.3) is 0 Å². The summed E-state index contributed by atoms with van der Waals surface area (Å²) in [6, 6.07) is 0. The Bertz CT molecular complexity index is 897. The zero-order valence-corrected chi connectivity index (χ0v) is 19.3. The molecule has 0 saturated heterocycles. The Morgan fingerprint density at radius 3 is 2.20 bits per heavy atom. The van der Waals surface area contributed by atoms with Gasteiger partial charge in [-0.15, -0.1) is 0 Å². The minimum Gasteiger partial charge on any atom is -0.462 e. The van der Waals surface area contributed by atoms with Gasteiger partial charge >= 0.3 is 5.97 Å². The first-order valence-corrected chi connectivity index (χ1v) is 11.2. The molecule has 30 heavy (non-hydrogen) atoms. The average Bonchev–Trinajstić information content (AvgIpc) is 2.96. The Balaban J connectivity index is 1.86. The number of ketones is 3. The molecule has 5 nitrogen and oxygen atoms in total. The molecule has 0 heterocycles. The molecular weight excluding hydrogens is 380 g/mol. The average molecular weight is 415 g/mol. The number of hydrogen-bond acceptors (Lipinski definition) is 5. The molecule has 4 aliphatic carbocycles. The van der Waals surface area contributed by atoms with Crippen molar-refractivity contribution in [3.05, 3.63) is 11.6 Å². The Morgan fingerprint density at radius 2 is 1.63 bits per heavy atom. The number of carbonyl (C=O) groups excluding carboxylic acids is 4. The molecule has 0 amide bonds. The predicted molar refractivity (Wildman–Crippen MR) is 111 cm³/mol. The van der Waals surface area contributed by atoms with E-state index in [1.165, 1.54) is 6.92 Å². The van der Waals surface area contributed by atoms with Crippen LogP contribution in [0.1, 0.15) is 74.1 Å². The van der Waals surface area contributed by atoms with Crippen molar-refractivity contribution in [2.45, 2.75) is 80.3 Å². The maximum Gasteiger partial charge on any atom is 0.302 e. The van der Waals surface area contributed by atoms with Gasteiger partial charge in [0.25, 0.3) is 0 Å². The van der Waals surface area contributed by atoms with Crippen LogP contribution in [-0.2, 0) is 23.9 Å². The zero-order valence-electron chi connectivity index (χ0n) is 19.3. The van der Waals surface area contributed by atoms with Crippen molar-refractivity contribution in [2.24, 2.45) is 39.4 Å². The summed E-state index contributed by atoms with van der Waals surface area (Å²) < 4.78 is 5.65. The minimum atomic E-state index is -0.631. The van der Waals surface area contributed by atoms with Gasteiger partial charge in [0.15, 0.2) is 0 Å². The number of Topliss-reactive ketones (excluding diaryl/α,β-unsaturated/α-hetero) is 3. The highest BCUT2D eigenvalue weighted by molar-refractivity contribution is 5.96. The van der Waals surface area contributed by atoms with Crippen LogP contribution < -0.4 is 0 Å². The first-order chi connectivity index (χ1) is 13.7. The van der Waals surface area contributed by atoms with Gasteiger partial charge in [-0.05, 0) is 50.4 Å². The maximum absolute atomic E-state index is 13.8. The SMILES string of the molecule is CC(=O)O[C@@H]1C[C@@]2(C)[C@@H]3CC=C4[C@@H](CC(=O)C4(C)C)[C@]3(C)C(=O)C[C@]2(C)[C@H]1C(C)=O. The van der Waals surface area contributed by atoms with Crippen molar-refractivity contribution in [3.63, 3.8) is 0 Å². The van der Waals surface area contributed by atoms with Crippen LogP contribution in [-0.4, -0.2) is 29.4 Å². The van der Waals surface area contributed by atoms with Crippen LogP contribution in [0.3, 0.4) is 0 Å². The Hall–Kier alpha value is -1.78. The fraction of sp³-hybridized carbons (Fsp3) is 0.760. The van der Waals surface area contributed by atoms with E-state index in [-0.39, 0.29) is 47.0 Å². The highest BCUT2D eigenvalue weighted by Crippen LogP contribution is 2.73. The van der Waals surface area contributed by atoms with E-state index in [1.807, 2.05) is 20.8 Å². The molecule has 0 unspecified atom stereocenters. The lowest BCUT2D eigenvalue weighted by molar-refractivity contribution is -0.167. The van der Waals surface area contributed by atoms with Crippen molar-refractivity contribution >= 4 is 23.3 Å². The van der Waals surface area contributed by atoms with E-state index in [9.17, 15) is 19.2 Å². The molecular formula is C25H34O5. The first kappa shape index (κ1) is 21.5. The summed E-state index contributed by atoms with van der Waals surface area (Å²) in [5.74, 6) is -0.591. The monoisotopic (exact) mass is 414 g/mol. The number of carbonyl (C=O) groups is 4. The van der Waals surface area contributed by atoms with Crippen molar-refractivity contribution in [3.8, 4) is 0 Å². The number of fused-ring (bicyclic) bond motifs is 5. The molecule has 164 valence electrons. The molecule has 0 N–H and O–H groups in total. The van der Waals surface area contributed by atoms with Crippen molar-refractivity contribution < 1.29 is 23.9 Å². The van der Waals surface area contributed by atoms with Crippen LogP contribution in [0.15, 0.2) is 11.6 Å². The lowest BCUT2D eigenvalue weighted by Gasteiger charge is -2.61. The third kappa shape index (κ3) is 2.35. The smallest absolute Gasteiger partial charge is 0.302 e. The van der Waals surface area contributed by atoms with Crippen LogP contribution in [0, 0.1) is 39.4 Å². The predicted octanol–water partition coefficient (Wildman–Crippen LogP) is 4.08. The summed E-state index contributed by atoms with van der Waals surface area (Å²) in [5, 5.41) is 0. The topological polar surface area (TPSA) is 77.5 Å². The molecule has 7 atom stereocenters. The van der Waals surface area contributed by atoms with Crippen LogP contribution in [0.4, 0.5) is 0 Å². The summed E-state index contributed by atoms with van der Waals surface area (Å²) in [7, 11) is 0. The molecule has 0 aromatic carbocycles. The molecule has 0 aromatic heterocycles. The minimum absolute atomic E-state index is 0.00843. The van der Waals surface area contributed by atoms with Gasteiger partial charge in [0.05, 0.1) is 5.92 Å². The van der Waals surface area contributed by atoms with Gasteiger partial charge in [0.2, 0.25) is 0 Å². The molecule has 0 spiro atoms. The van der Waals surface area contributed by atoms with Gasteiger partial charge in [0.1, 0.15) is 23.5 Å². The molecule has 0 aliphatic heterocycles. The number of esters is 1. The van der Waals surface area contributed by atoms with E-state index in [0.29, 0.717) is 19.3 Å². The van der Waals surface area contributed by atoms with Gasteiger partial charge in [-0.25, -0.2) is 0 Å². The second-order valence-corrected chi connectivity index (χ2v) is 11.4. The maximum atomic E-state index is 13.8. The van der Waals surface area contributed by atoms with Crippen molar-refractivity contribution in [1.82, 2.24) is 0 Å². The fourth-order valence-corrected chi connectivity index (χ4v) is 8.07. The van der Waals surface area contributed by atoms with E-state index < -0.39 is 28.3 Å². The highest BCUT2D eigenvalue weighted by atomic mass is 16.5. The van der Waals surface area contributed by atoms with E-state index in [1.54, 1.807) is 6.92 Å². The molecule has 3 saturated carbocycles. The third-order valence-corrected chi connectivity index (χ3v) is 9.85. The molecule has 3 fully saturated rings. The normalized spacial score (nSPS) is 46.6. The first-order valence-electron chi connectivity index (χ1n) is 11.2. The Morgan fingerprint density at radius 1 is 1.00 bits per heavy atom. The van der Waals surface area contributed by atoms with E-state index in [4.69, 9.17) is 4.74 Å². The van der Waals surface area contributed by atoms with E-state index in [2.05, 4.69) is 19.9 Å². The van der Waals surface area contributed by atoms with Gasteiger partial charge in [-0.2, -0.15) is 0 Å². The Labute approximate surface area is 179 Å². The van der Waals surface area contributed by atoms with Crippen LogP contribution in [0.2, 0.25) is 0 Å². The highest BCUT2D eigenvalue weighted by Gasteiger charge is 2.73. The van der Waals surface area contributed by atoms with Crippen molar-refractivity contribution in [1.29, 1.82) is 0 Å². The number of ether oxygens (including phenoxy) is 1. The fourth-order valence-electron chi connectivity index (χ4n) is 8.07. The van der Waals surface area contributed by atoms with Gasteiger partial charge in [-0.3, -0.25) is 19.2 Å². The lowest BCUT2D eigenvalue weighted by atomic mass is 9.41. The standard InChI is InChI=1S/C25H34O5/c1-13(26)21-17(30-14(2)27)11-23(5)18-9-8-15-16(10-19(28)22(15,3)4)25(18,7)20(29)12-24(21,23)6/h8,16-18,21H,9-12H2,1-7H3/t16-,17-,18+,21+,23+,24-,25+/m1/s1. The molecule has 4 aliphatic rings. The quantitative estimate of drug-likeness (QED) is 0.503. The summed E-state index contributed by atoms with van der Waals surface area (Å²) in [6.45, 7) is 13.2. The van der Waals surface area contributed by atoms with E-state index >= 15 is 0 Å². The van der Waals surface area contributed by atoms with Crippen molar-refractivity contribution in [2.75, 3.05) is 0 Å².